The Morgan fingerprint density at radius 2 is 2.00 bits per heavy atom. The van der Waals surface area contributed by atoms with Crippen LogP contribution in [0.2, 0.25) is 0 Å². The van der Waals surface area contributed by atoms with E-state index < -0.39 is 11.9 Å². The molecule has 0 spiro atoms. The lowest BCUT2D eigenvalue weighted by molar-refractivity contribution is -0.138. The molecule has 1 aromatic rings. The van der Waals surface area contributed by atoms with Crippen molar-refractivity contribution in [2.24, 2.45) is 0 Å². The molecule has 1 aromatic carbocycles. The molecule has 4 nitrogen and oxygen atoms in total. The molecule has 4 heteroatoms. The molecule has 0 aromatic heterocycles. The van der Waals surface area contributed by atoms with Gasteiger partial charge >= 0.3 is 5.97 Å². The molecule has 104 valence electrons. The highest BCUT2D eigenvalue weighted by Gasteiger charge is 2.28. The highest BCUT2D eigenvalue weighted by atomic mass is 16.4. The summed E-state index contributed by atoms with van der Waals surface area (Å²) in [6.45, 7) is 3.41. The van der Waals surface area contributed by atoms with Gasteiger partial charge in [-0.3, -0.25) is 9.69 Å². The summed E-state index contributed by atoms with van der Waals surface area (Å²) < 4.78 is 0. The fourth-order valence-electron chi connectivity index (χ4n) is 2.25. The lowest BCUT2D eigenvalue weighted by Crippen LogP contribution is -2.28. The van der Waals surface area contributed by atoms with Crippen molar-refractivity contribution in [3.8, 4) is 0 Å². The first-order chi connectivity index (χ1) is 9.11. The minimum absolute atomic E-state index is 0.185. The normalized spacial score (nSPS) is 16.6. The van der Waals surface area contributed by atoms with Gasteiger partial charge in [0.1, 0.15) is 0 Å². The van der Waals surface area contributed by atoms with Crippen LogP contribution in [0.25, 0.3) is 0 Å². The van der Waals surface area contributed by atoms with Crippen LogP contribution in [-0.2, 0) is 11.3 Å². The van der Waals surface area contributed by atoms with E-state index in [1.165, 1.54) is 18.4 Å². The van der Waals surface area contributed by atoms with E-state index in [0.29, 0.717) is 12.6 Å². The molecule has 0 heterocycles. The summed E-state index contributed by atoms with van der Waals surface area (Å²) in [5, 5.41) is 18.0. The SMILES string of the molecule is CC(C(=O)O)c1ccc(CN(CCO)C2CC2)cc1. The van der Waals surface area contributed by atoms with Gasteiger partial charge in [0.2, 0.25) is 0 Å². The summed E-state index contributed by atoms with van der Waals surface area (Å²) in [4.78, 5) is 13.2. The summed E-state index contributed by atoms with van der Waals surface area (Å²) in [7, 11) is 0. The van der Waals surface area contributed by atoms with E-state index in [4.69, 9.17) is 10.2 Å². The van der Waals surface area contributed by atoms with Gasteiger partial charge in [0.05, 0.1) is 12.5 Å². The molecule has 2 rings (SSSR count). The van der Waals surface area contributed by atoms with Crippen LogP contribution in [0.1, 0.15) is 36.8 Å². The van der Waals surface area contributed by atoms with Gasteiger partial charge < -0.3 is 10.2 Å². The number of hydrogen-bond donors (Lipinski definition) is 2. The third-order valence-electron chi connectivity index (χ3n) is 3.69. The van der Waals surface area contributed by atoms with Crippen LogP contribution in [0.4, 0.5) is 0 Å². The van der Waals surface area contributed by atoms with E-state index in [2.05, 4.69) is 4.90 Å². The molecule has 0 saturated heterocycles. The van der Waals surface area contributed by atoms with E-state index in [0.717, 1.165) is 12.1 Å². The molecule has 0 amide bonds. The monoisotopic (exact) mass is 263 g/mol. The molecule has 19 heavy (non-hydrogen) atoms. The maximum Gasteiger partial charge on any atom is 0.310 e. The maximum absolute atomic E-state index is 10.9. The minimum Gasteiger partial charge on any atom is -0.481 e. The fourth-order valence-corrected chi connectivity index (χ4v) is 2.25. The molecule has 1 saturated carbocycles. The van der Waals surface area contributed by atoms with E-state index in [9.17, 15) is 4.79 Å². The van der Waals surface area contributed by atoms with Gasteiger partial charge in [-0.15, -0.1) is 0 Å². The van der Waals surface area contributed by atoms with Gasteiger partial charge in [-0.1, -0.05) is 24.3 Å². The minimum atomic E-state index is -0.798. The van der Waals surface area contributed by atoms with Gasteiger partial charge in [0.15, 0.2) is 0 Å². The van der Waals surface area contributed by atoms with E-state index in [-0.39, 0.29) is 6.61 Å². The summed E-state index contributed by atoms with van der Waals surface area (Å²) in [6, 6.07) is 8.36. The topological polar surface area (TPSA) is 60.8 Å². The number of aliphatic hydroxyl groups is 1. The predicted molar refractivity (Wildman–Crippen MR) is 73.0 cm³/mol. The molecular weight excluding hydrogens is 242 g/mol. The zero-order chi connectivity index (χ0) is 13.8. The van der Waals surface area contributed by atoms with Crippen LogP contribution < -0.4 is 0 Å². The number of nitrogens with zero attached hydrogens (tertiary/aromatic N) is 1. The molecule has 1 aliphatic carbocycles. The Balaban J connectivity index is 1.99. The second-order valence-electron chi connectivity index (χ2n) is 5.23. The first-order valence-corrected chi connectivity index (χ1v) is 6.78. The number of aliphatic carboxylic acids is 1. The smallest absolute Gasteiger partial charge is 0.310 e. The first-order valence-electron chi connectivity index (χ1n) is 6.78. The Morgan fingerprint density at radius 1 is 1.37 bits per heavy atom. The van der Waals surface area contributed by atoms with Crippen molar-refractivity contribution in [2.45, 2.75) is 38.3 Å². The number of carboxylic acids is 1. The Kier molecular flexibility index (Phi) is 4.56. The van der Waals surface area contributed by atoms with Crippen LogP contribution in [0.15, 0.2) is 24.3 Å². The van der Waals surface area contributed by atoms with E-state index >= 15 is 0 Å². The van der Waals surface area contributed by atoms with Crippen LogP contribution in [0.3, 0.4) is 0 Å². The van der Waals surface area contributed by atoms with E-state index in [1.807, 2.05) is 24.3 Å². The molecule has 2 N–H and O–H groups in total. The van der Waals surface area contributed by atoms with Gasteiger partial charge in [-0.2, -0.15) is 0 Å². The van der Waals surface area contributed by atoms with Gasteiger partial charge in [0, 0.05) is 19.1 Å². The highest BCUT2D eigenvalue weighted by molar-refractivity contribution is 5.75. The molecule has 0 radical (unpaired) electrons. The molecule has 1 atom stereocenters. The Morgan fingerprint density at radius 3 is 2.47 bits per heavy atom. The highest BCUT2D eigenvalue weighted by Crippen LogP contribution is 2.28. The zero-order valence-corrected chi connectivity index (χ0v) is 11.2. The molecule has 0 bridgehead atoms. The average molecular weight is 263 g/mol. The Hall–Kier alpha value is -1.39. The first kappa shape index (κ1) is 14.0. The lowest BCUT2D eigenvalue weighted by Gasteiger charge is -2.21. The quantitative estimate of drug-likeness (QED) is 0.788. The van der Waals surface area contributed by atoms with Crippen molar-refractivity contribution in [3.63, 3.8) is 0 Å². The molecule has 1 fully saturated rings. The molecule has 0 aliphatic heterocycles. The van der Waals surface area contributed by atoms with Crippen LogP contribution in [0.5, 0.6) is 0 Å². The molecular formula is C15H21NO3. The molecule has 1 unspecified atom stereocenters. The Bertz CT molecular complexity index is 426. The van der Waals surface area contributed by atoms with Gasteiger partial charge in [0.25, 0.3) is 0 Å². The van der Waals surface area contributed by atoms with Crippen molar-refractivity contribution >= 4 is 5.97 Å². The summed E-state index contributed by atoms with van der Waals surface area (Å²) in [5.41, 5.74) is 2.00. The van der Waals surface area contributed by atoms with Crippen LogP contribution >= 0.6 is 0 Å². The Labute approximate surface area is 113 Å². The van der Waals surface area contributed by atoms with Gasteiger partial charge in [-0.05, 0) is 30.9 Å². The summed E-state index contributed by atoms with van der Waals surface area (Å²) >= 11 is 0. The van der Waals surface area contributed by atoms with Crippen LogP contribution in [0, 0.1) is 0 Å². The largest absolute Gasteiger partial charge is 0.481 e. The van der Waals surface area contributed by atoms with Crippen molar-refractivity contribution in [3.05, 3.63) is 35.4 Å². The van der Waals surface area contributed by atoms with Crippen molar-refractivity contribution in [1.29, 1.82) is 0 Å². The molecule has 1 aliphatic rings. The standard InChI is InChI=1S/C15H21NO3/c1-11(15(18)19)13-4-2-12(3-5-13)10-16(8-9-17)14-6-7-14/h2-5,11,14,17H,6-10H2,1H3,(H,18,19). The average Bonchev–Trinajstić information content (AvgIpc) is 3.22. The second kappa shape index (κ2) is 6.17. The maximum atomic E-state index is 10.9. The summed E-state index contributed by atoms with van der Waals surface area (Å²) in [6.07, 6.45) is 2.43. The third kappa shape index (κ3) is 3.78. The number of hydrogen-bond acceptors (Lipinski definition) is 3. The number of carboxylic acid groups (broad SMARTS) is 1. The van der Waals surface area contributed by atoms with Crippen molar-refractivity contribution in [2.75, 3.05) is 13.2 Å². The fraction of sp³-hybridized carbons (Fsp3) is 0.533. The number of rotatable bonds is 7. The third-order valence-corrected chi connectivity index (χ3v) is 3.69. The predicted octanol–water partition coefficient (Wildman–Crippen LogP) is 1.83. The summed E-state index contributed by atoms with van der Waals surface area (Å²) in [5.74, 6) is -1.27. The van der Waals surface area contributed by atoms with Crippen LogP contribution in [-0.4, -0.2) is 40.3 Å². The number of benzene rings is 1. The van der Waals surface area contributed by atoms with E-state index in [1.54, 1.807) is 6.92 Å². The number of carbonyl (C=O) groups is 1. The van der Waals surface area contributed by atoms with Crippen molar-refractivity contribution in [1.82, 2.24) is 4.90 Å². The zero-order valence-electron chi connectivity index (χ0n) is 11.2. The lowest BCUT2D eigenvalue weighted by atomic mass is 10.00. The van der Waals surface area contributed by atoms with Gasteiger partial charge in [-0.25, -0.2) is 0 Å². The number of aliphatic hydroxyl groups excluding tert-OH is 1. The van der Waals surface area contributed by atoms with Crippen molar-refractivity contribution < 1.29 is 15.0 Å². The second-order valence-corrected chi connectivity index (χ2v) is 5.23.